The Kier molecular flexibility index (Phi) is 3.69. The minimum absolute atomic E-state index is 0.334. The first-order valence-corrected chi connectivity index (χ1v) is 5.99. The molecule has 0 aromatic heterocycles. The van der Waals surface area contributed by atoms with Crippen molar-refractivity contribution in [2.45, 2.75) is 13.5 Å². The first-order chi connectivity index (χ1) is 8.99. The molecule has 0 aliphatic heterocycles. The van der Waals surface area contributed by atoms with E-state index in [1.165, 1.54) is 12.1 Å². The molecule has 2 aromatic rings. The summed E-state index contributed by atoms with van der Waals surface area (Å²) in [5.41, 5.74) is 8.91. The van der Waals surface area contributed by atoms with E-state index in [1.54, 1.807) is 6.07 Å². The molecule has 100 valence electrons. The normalized spacial score (nSPS) is 10.5. The Balaban J connectivity index is 2.28. The number of hydrogen-bond acceptors (Lipinski definition) is 2. The molecule has 2 aromatic carbocycles. The Hall–Kier alpha value is -2.10. The molecule has 0 fully saturated rings. The summed E-state index contributed by atoms with van der Waals surface area (Å²) >= 11 is 0. The van der Waals surface area contributed by atoms with E-state index in [-0.39, 0.29) is 0 Å². The van der Waals surface area contributed by atoms with Crippen LogP contribution in [-0.2, 0) is 6.54 Å². The number of benzene rings is 2. The number of nitrogens with two attached hydrogens (primary N) is 1. The van der Waals surface area contributed by atoms with Crippen LogP contribution in [0.25, 0.3) is 0 Å². The number of nitrogen functional groups attached to an aromatic ring is 1. The minimum Gasteiger partial charge on any atom is -0.397 e. The monoisotopic (exact) mass is 262 g/mol. The van der Waals surface area contributed by atoms with E-state index in [1.807, 2.05) is 31.0 Å². The van der Waals surface area contributed by atoms with Crippen molar-refractivity contribution in [2.75, 3.05) is 17.7 Å². The molecule has 0 bridgehead atoms. The van der Waals surface area contributed by atoms with Crippen molar-refractivity contribution in [2.24, 2.45) is 0 Å². The van der Waals surface area contributed by atoms with Gasteiger partial charge >= 0.3 is 0 Å². The first kappa shape index (κ1) is 13.3. The highest BCUT2D eigenvalue weighted by Gasteiger charge is 2.11. The molecule has 0 aliphatic carbocycles. The lowest BCUT2D eigenvalue weighted by Crippen LogP contribution is -2.19. The zero-order valence-electron chi connectivity index (χ0n) is 11.0. The number of anilines is 2. The van der Waals surface area contributed by atoms with Gasteiger partial charge in [-0.15, -0.1) is 0 Å². The van der Waals surface area contributed by atoms with Crippen molar-refractivity contribution < 1.29 is 8.78 Å². The van der Waals surface area contributed by atoms with Gasteiger partial charge in [-0.2, -0.15) is 0 Å². The number of para-hydroxylation sites is 1. The van der Waals surface area contributed by atoms with Gasteiger partial charge in [0, 0.05) is 25.2 Å². The van der Waals surface area contributed by atoms with Crippen LogP contribution in [0, 0.1) is 18.6 Å². The summed E-state index contributed by atoms with van der Waals surface area (Å²) in [6.07, 6.45) is 0. The van der Waals surface area contributed by atoms with E-state index in [9.17, 15) is 8.78 Å². The Morgan fingerprint density at radius 1 is 1.16 bits per heavy atom. The van der Waals surface area contributed by atoms with Crippen molar-refractivity contribution in [3.8, 4) is 0 Å². The molecule has 0 spiro atoms. The highest BCUT2D eigenvalue weighted by Crippen LogP contribution is 2.27. The average molecular weight is 262 g/mol. The lowest BCUT2D eigenvalue weighted by Gasteiger charge is -2.23. The summed E-state index contributed by atoms with van der Waals surface area (Å²) in [5, 5.41) is 0. The van der Waals surface area contributed by atoms with Crippen molar-refractivity contribution in [1.82, 2.24) is 0 Å². The van der Waals surface area contributed by atoms with Crippen LogP contribution in [0.1, 0.15) is 11.1 Å². The van der Waals surface area contributed by atoms with Crippen LogP contribution in [-0.4, -0.2) is 7.05 Å². The van der Waals surface area contributed by atoms with Crippen LogP contribution < -0.4 is 10.6 Å². The predicted octanol–water partition coefficient (Wildman–Crippen LogP) is 3.49. The molecular weight excluding hydrogens is 246 g/mol. The maximum Gasteiger partial charge on any atom is 0.131 e. The van der Waals surface area contributed by atoms with Gasteiger partial charge in [-0.25, -0.2) is 8.78 Å². The van der Waals surface area contributed by atoms with Gasteiger partial charge in [0.2, 0.25) is 0 Å². The summed E-state index contributed by atoms with van der Waals surface area (Å²) in [6, 6.07) is 9.23. The van der Waals surface area contributed by atoms with Gasteiger partial charge in [-0.1, -0.05) is 18.2 Å². The van der Waals surface area contributed by atoms with E-state index in [0.29, 0.717) is 17.8 Å². The lowest BCUT2D eigenvalue weighted by atomic mass is 10.1. The smallest absolute Gasteiger partial charge is 0.131 e. The second-order valence-electron chi connectivity index (χ2n) is 4.60. The third-order valence-electron chi connectivity index (χ3n) is 3.07. The third kappa shape index (κ3) is 2.84. The molecule has 0 heterocycles. The van der Waals surface area contributed by atoms with Crippen LogP contribution in [0.15, 0.2) is 36.4 Å². The van der Waals surface area contributed by atoms with Gasteiger partial charge in [0.15, 0.2) is 0 Å². The van der Waals surface area contributed by atoms with Crippen LogP contribution >= 0.6 is 0 Å². The minimum atomic E-state index is -0.570. The van der Waals surface area contributed by atoms with E-state index in [4.69, 9.17) is 5.73 Å². The lowest BCUT2D eigenvalue weighted by molar-refractivity contribution is 0.571. The zero-order chi connectivity index (χ0) is 14.0. The SMILES string of the molecule is Cc1cccc(N)c1N(C)Cc1ccc(F)cc1F. The van der Waals surface area contributed by atoms with Crippen LogP contribution in [0.4, 0.5) is 20.2 Å². The molecule has 0 saturated heterocycles. The predicted molar refractivity (Wildman–Crippen MR) is 74.1 cm³/mol. The summed E-state index contributed by atoms with van der Waals surface area (Å²) in [4.78, 5) is 1.86. The summed E-state index contributed by atoms with van der Waals surface area (Å²) in [6.45, 7) is 2.28. The topological polar surface area (TPSA) is 29.3 Å². The van der Waals surface area contributed by atoms with Gasteiger partial charge in [0.05, 0.1) is 11.4 Å². The Bertz CT molecular complexity index is 576. The first-order valence-electron chi connectivity index (χ1n) is 5.99. The fourth-order valence-corrected chi connectivity index (χ4v) is 2.19. The molecule has 0 aliphatic rings. The molecule has 0 amide bonds. The van der Waals surface area contributed by atoms with Gasteiger partial charge in [0.25, 0.3) is 0 Å². The van der Waals surface area contributed by atoms with Crippen LogP contribution in [0.3, 0.4) is 0 Å². The van der Waals surface area contributed by atoms with E-state index >= 15 is 0 Å². The second kappa shape index (κ2) is 5.26. The third-order valence-corrected chi connectivity index (χ3v) is 3.07. The molecule has 2 rings (SSSR count). The van der Waals surface area contributed by atoms with Crippen molar-refractivity contribution in [1.29, 1.82) is 0 Å². The molecular formula is C15H16F2N2. The highest BCUT2D eigenvalue weighted by atomic mass is 19.1. The molecule has 0 radical (unpaired) electrons. The summed E-state index contributed by atoms with van der Waals surface area (Å²) in [5.74, 6) is -1.11. The standard InChI is InChI=1S/C15H16F2N2/c1-10-4-3-5-14(18)15(10)19(2)9-11-6-7-12(16)8-13(11)17/h3-8H,9,18H2,1-2H3. The van der Waals surface area contributed by atoms with E-state index in [2.05, 4.69) is 0 Å². The number of hydrogen-bond donors (Lipinski definition) is 1. The van der Waals surface area contributed by atoms with Gasteiger partial charge < -0.3 is 10.6 Å². The molecule has 19 heavy (non-hydrogen) atoms. The van der Waals surface area contributed by atoms with Crippen molar-refractivity contribution in [3.05, 3.63) is 59.2 Å². The maximum absolute atomic E-state index is 13.6. The van der Waals surface area contributed by atoms with Crippen LogP contribution in [0.2, 0.25) is 0 Å². The summed E-state index contributed by atoms with van der Waals surface area (Å²) < 4.78 is 26.5. The largest absolute Gasteiger partial charge is 0.397 e. The van der Waals surface area contributed by atoms with E-state index in [0.717, 1.165) is 17.3 Å². The van der Waals surface area contributed by atoms with Crippen molar-refractivity contribution >= 4 is 11.4 Å². The van der Waals surface area contributed by atoms with E-state index < -0.39 is 11.6 Å². The Labute approximate surface area is 111 Å². The second-order valence-corrected chi connectivity index (χ2v) is 4.60. The van der Waals surface area contributed by atoms with Gasteiger partial charge in [-0.3, -0.25) is 0 Å². The number of rotatable bonds is 3. The number of nitrogens with zero attached hydrogens (tertiary/aromatic N) is 1. The quantitative estimate of drug-likeness (QED) is 0.858. The Morgan fingerprint density at radius 3 is 2.53 bits per heavy atom. The molecule has 0 saturated carbocycles. The molecule has 2 nitrogen and oxygen atoms in total. The molecule has 0 unspecified atom stereocenters. The number of halogens is 2. The summed E-state index contributed by atoms with van der Waals surface area (Å²) in [7, 11) is 1.83. The number of aryl methyl sites for hydroxylation is 1. The fraction of sp³-hybridized carbons (Fsp3) is 0.200. The van der Waals surface area contributed by atoms with Gasteiger partial charge in [-0.05, 0) is 24.6 Å². The average Bonchev–Trinajstić information content (AvgIpc) is 2.32. The fourth-order valence-electron chi connectivity index (χ4n) is 2.19. The van der Waals surface area contributed by atoms with Gasteiger partial charge in [0.1, 0.15) is 11.6 Å². The van der Waals surface area contributed by atoms with Crippen molar-refractivity contribution in [3.63, 3.8) is 0 Å². The Morgan fingerprint density at radius 2 is 1.89 bits per heavy atom. The highest BCUT2D eigenvalue weighted by molar-refractivity contribution is 5.71. The zero-order valence-corrected chi connectivity index (χ0v) is 11.0. The molecule has 4 heteroatoms. The molecule has 0 atom stereocenters. The maximum atomic E-state index is 13.6. The molecule has 2 N–H and O–H groups in total. The van der Waals surface area contributed by atoms with Crippen LogP contribution in [0.5, 0.6) is 0 Å².